The van der Waals surface area contributed by atoms with E-state index in [0.717, 1.165) is 5.56 Å². The summed E-state index contributed by atoms with van der Waals surface area (Å²) in [4.78, 5) is 12.3. The van der Waals surface area contributed by atoms with E-state index in [1.807, 2.05) is 6.92 Å². The van der Waals surface area contributed by atoms with Crippen LogP contribution in [-0.2, 0) is 14.8 Å². The van der Waals surface area contributed by atoms with Gasteiger partial charge in [-0.1, -0.05) is 43.3 Å². The van der Waals surface area contributed by atoms with E-state index in [4.69, 9.17) is 4.74 Å². The fraction of sp³-hybridized carbons (Fsp3) is 0.250. The number of hydrogen-bond donors (Lipinski definition) is 1. The van der Waals surface area contributed by atoms with E-state index in [0.29, 0.717) is 11.3 Å². The number of benzene rings is 2. The molecule has 0 unspecified atom stereocenters. The summed E-state index contributed by atoms with van der Waals surface area (Å²) in [6.45, 7) is 7.43. The van der Waals surface area contributed by atoms with Gasteiger partial charge in [0.05, 0.1) is 18.0 Å². The highest BCUT2D eigenvalue weighted by molar-refractivity contribution is 7.89. The molecule has 0 amide bonds. The smallest absolute Gasteiger partial charge is 0.241 e. The minimum absolute atomic E-state index is 0.137. The van der Waals surface area contributed by atoms with Crippen LogP contribution in [0.2, 0.25) is 0 Å². The van der Waals surface area contributed by atoms with Crippen molar-refractivity contribution >= 4 is 15.8 Å². The van der Waals surface area contributed by atoms with Crippen LogP contribution in [-0.4, -0.2) is 21.3 Å². The van der Waals surface area contributed by atoms with E-state index in [1.54, 1.807) is 50.4 Å². The van der Waals surface area contributed by atoms with Crippen LogP contribution in [0.4, 0.5) is 0 Å². The third kappa shape index (κ3) is 4.59. The van der Waals surface area contributed by atoms with E-state index in [1.165, 1.54) is 12.1 Å². The molecule has 2 rings (SSSR count). The van der Waals surface area contributed by atoms with Crippen molar-refractivity contribution < 1.29 is 17.9 Å². The zero-order valence-electron chi connectivity index (χ0n) is 15.2. The van der Waals surface area contributed by atoms with E-state index in [2.05, 4.69) is 11.3 Å². The number of carbonyl (C=O) groups is 1. The third-order valence-corrected chi connectivity index (χ3v) is 5.52. The first-order valence-corrected chi connectivity index (χ1v) is 9.71. The lowest BCUT2D eigenvalue weighted by atomic mass is 9.96. The standard InChI is InChI=1S/C20H23NO4S/c1-5-19(22)15(3)20(16-8-10-17(25-4)11-9-16)21-26(23,24)18-12-6-14(2)7-13-18/h6-13,20-21H,3,5H2,1-2,4H3/t20-/m0/s1. The monoisotopic (exact) mass is 373 g/mol. The predicted molar refractivity (Wildman–Crippen MR) is 102 cm³/mol. The molecular formula is C20H23NO4S. The highest BCUT2D eigenvalue weighted by atomic mass is 32.2. The fourth-order valence-electron chi connectivity index (χ4n) is 2.47. The van der Waals surface area contributed by atoms with Gasteiger partial charge in [0.15, 0.2) is 5.78 Å². The molecule has 0 aliphatic rings. The second kappa shape index (κ2) is 8.29. The van der Waals surface area contributed by atoms with Crippen molar-refractivity contribution in [1.29, 1.82) is 0 Å². The van der Waals surface area contributed by atoms with Gasteiger partial charge in [-0.25, -0.2) is 8.42 Å². The summed E-state index contributed by atoms with van der Waals surface area (Å²) < 4.78 is 33.3. The van der Waals surface area contributed by atoms with Crippen molar-refractivity contribution in [1.82, 2.24) is 4.72 Å². The van der Waals surface area contributed by atoms with Gasteiger partial charge >= 0.3 is 0 Å². The minimum Gasteiger partial charge on any atom is -0.497 e. The Kier molecular flexibility index (Phi) is 6.34. The molecule has 6 heteroatoms. The van der Waals surface area contributed by atoms with Crippen molar-refractivity contribution in [3.05, 3.63) is 71.8 Å². The number of carbonyl (C=O) groups excluding carboxylic acids is 1. The number of sulfonamides is 1. The first-order chi connectivity index (χ1) is 12.3. The molecule has 0 saturated carbocycles. The van der Waals surface area contributed by atoms with Crippen molar-refractivity contribution in [3.63, 3.8) is 0 Å². The molecule has 138 valence electrons. The van der Waals surface area contributed by atoms with Crippen LogP contribution in [0.5, 0.6) is 5.75 Å². The van der Waals surface area contributed by atoms with Gasteiger partial charge in [-0.15, -0.1) is 0 Å². The van der Waals surface area contributed by atoms with E-state index >= 15 is 0 Å². The molecule has 0 spiro atoms. The maximum atomic E-state index is 12.8. The van der Waals surface area contributed by atoms with Crippen LogP contribution in [0, 0.1) is 6.92 Å². The highest BCUT2D eigenvalue weighted by Gasteiger charge is 2.26. The Labute approximate surface area is 154 Å². The van der Waals surface area contributed by atoms with Crippen LogP contribution in [0.3, 0.4) is 0 Å². The molecule has 2 aromatic rings. The molecule has 0 radical (unpaired) electrons. The molecule has 0 aliphatic heterocycles. The topological polar surface area (TPSA) is 72.5 Å². The van der Waals surface area contributed by atoms with Gasteiger partial charge in [-0.2, -0.15) is 4.72 Å². The van der Waals surface area contributed by atoms with Gasteiger partial charge in [-0.05, 0) is 36.8 Å². The first kappa shape index (κ1) is 19.9. The molecular weight excluding hydrogens is 350 g/mol. The Morgan fingerprint density at radius 1 is 1.12 bits per heavy atom. The van der Waals surface area contributed by atoms with Gasteiger partial charge in [0.2, 0.25) is 10.0 Å². The lowest BCUT2D eigenvalue weighted by molar-refractivity contribution is -0.115. The average molecular weight is 373 g/mol. The second-order valence-electron chi connectivity index (χ2n) is 5.94. The Morgan fingerprint density at radius 2 is 1.69 bits per heavy atom. The van der Waals surface area contributed by atoms with Crippen LogP contribution in [0.25, 0.3) is 0 Å². The lowest BCUT2D eigenvalue weighted by Crippen LogP contribution is -2.31. The van der Waals surface area contributed by atoms with Crippen LogP contribution in [0.1, 0.15) is 30.5 Å². The van der Waals surface area contributed by atoms with Gasteiger partial charge < -0.3 is 4.74 Å². The van der Waals surface area contributed by atoms with Gasteiger partial charge in [0, 0.05) is 12.0 Å². The number of Topliss-reactive ketones (excluding diaryl/α,β-unsaturated/α-hetero) is 1. The van der Waals surface area contributed by atoms with Gasteiger partial charge in [0.1, 0.15) is 5.75 Å². The SMILES string of the molecule is C=C(C(=O)CC)[C@H](NS(=O)(=O)c1ccc(C)cc1)c1ccc(OC)cc1. The summed E-state index contributed by atoms with van der Waals surface area (Å²) in [6.07, 6.45) is 0.248. The molecule has 26 heavy (non-hydrogen) atoms. The number of aryl methyl sites for hydroxylation is 1. The van der Waals surface area contributed by atoms with Gasteiger partial charge in [0.25, 0.3) is 0 Å². The van der Waals surface area contributed by atoms with E-state index < -0.39 is 16.1 Å². The number of methoxy groups -OCH3 is 1. The summed E-state index contributed by atoms with van der Waals surface area (Å²) in [5, 5.41) is 0. The van der Waals surface area contributed by atoms with Crippen molar-refractivity contribution in [2.75, 3.05) is 7.11 Å². The maximum Gasteiger partial charge on any atom is 0.241 e. The Hall–Kier alpha value is -2.44. The molecule has 0 saturated heterocycles. The summed E-state index contributed by atoms with van der Waals surface area (Å²) in [5.74, 6) is 0.443. The molecule has 5 nitrogen and oxygen atoms in total. The minimum atomic E-state index is -3.82. The molecule has 0 heterocycles. The average Bonchev–Trinajstić information content (AvgIpc) is 2.65. The summed E-state index contributed by atoms with van der Waals surface area (Å²) in [7, 11) is -2.27. The fourth-order valence-corrected chi connectivity index (χ4v) is 3.68. The zero-order valence-corrected chi connectivity index (χ0v) is 16.0. The lowest BCUT2D eigenvalue weighted by Gasteiger charge is -2.21. The zero-order chi connectivity index (χ0) is 19.3. The van der Waals surface area contributed by atoms with Crippen LogP contribution in [0.15, 0.2) is 65.6 Å². The molecule has 2 aromatic carbocycles. The van der Waals surface area contributed by atoms with Crippen molar-refractivity contribution in [2.24, 2.45) is 0 Å². The Morgan fingerprint density at radius 3 is 2.19 bits per heavy atom. The Bertz CT molecular complexity index is 884. The predicted octanol–water partition coefficient (Wildman–Crippen LogP) is 3.56. The second-order valence-corrected chi connectivity index (χ2v) is 7.66. The van der Waals surface area contributed by atoms with Crippen LogP contribution >= 0.6 is 0 Å². The summed E-state index contributed by atoms with van der Waals surface area (Å²) in [6, 6.07) is 12.5. The third-order valence-electron chi connectivity index (χ3n) is 4.08. The van der Waals surface area contributed by atoms with E-state index in [9.17, 15) is 13.2 Å². The van der Waals surface area contributed by atoms with Gasteiger partial charge in [-0.3, -0.25) is 4.79 Å². The quantitative estimate of drug-likeness (QED) is 0.718. The Balaban J connectivity index is 2.41. The van der Waals surface area contributed by atoms with Crippen molar-refractivity contribution in [3.8, 4) is 5.75 Å². The number of nitrogens with one attached hydrogen (secondary N) is 1. The molecule has 0 aromatic heterocycles. The van der Waals surface area contributed by atoms with E-state index in [-0.39, 0.29) is 22.7 Å². The molecule has 0 aliphatic carbocycles. The maximum absolute atomic E-state index is 12.8. The number of hydrogen-bond acceptors (Lipinski definition) is 4. The molecule has 1 atom stereocenters. The number of ether oxygens (including phenoxy) is 1. The summed E-state index contributed by atoms with van der Waals surface area (Å²) in [5.41, 5.74) is 1.78. The largest absolute Gasteiger partial charge is 0.497 e. The molecule has 0 bridgehead atoms. The highest BCUT2D eigenvalue weighted by Crippen LogP contribution is 2.26. The molecule has 1 N–H and O–H groups in total. The summed E-state index contributed by atoms with van der Waals surface area (Å²) >= 11 is 0. The van der Waals surface area contributed by atoms with Crippen LogP contribution < -0.4 is 9.46 Å². The molecule has 0 fully saturated rings. The number of rotatable bonds is 8. The first-order valence-electron chi connectivity index (χ1n) is 8.23. The van der Waals surface area contributed by atoms with Crippen molar-refractivity contribution in [2.45, 2.75) is 31.2 Å². The number of ketones is 1. The normalized spacial score (nSPS) is 12.4.